The fourth-order valence-corrected chi connectivity index (χ4v) is 4.10. The second-order valence-corrected chi connectivity index (χ2v) is 7.69. The fourth-order valence-electron chi connectivity index (χ4n) is 3.09. The first-order valence-electron chi connectivity index (χ1n) is 8.76. The van der Waals surface area contributed by atoms with Gasteiger partial charge in [0, 0.05) is 22.9 Å². The van der Waals surface area contributed by atoms with E-state index in [1.165, 1.54) is 0 Å². The Morgan fingerprint density at radius 3 is 2.63 bits per heavy atom. The first kappa shape index (κ1) is 22.6. The average molecular weight is 486 g/mol. The summed E-state index contributed by atoms with van der Waals surface area (Å²) in [5, 5.41) is 0.258. The minimum absolute atomic E-state index is 0.0739. The number of esters is 1. The summed E-state index contributed by atoms with van der Waals surface area (Å²) in [7, 11) is 0. The Bertz CT molecular complexity index is 1210. The molecule has 0 radical (unpaired) electrons. The standard InChI is InChI=1S/C21H13Cl4FN2O2/c1-3-30-21(29)15-17(24)12-9-10(7-8-27-2)14(18(26)19(12)28-20(15)25)11-5-4-6-13(22)16(11)23/h4-6,9H,3,7-8H2,1H3. The predicted octanol–water partition coefficient (Wildman–Crippen LogP) is 7.29. The van der Waals surface area contributed by atoms with Gasteiger partial charge < -0.3 is 9.58 Å². The van der Waals surface area contributed by atoms with Crippen LogP contribution in [0.3, 0.4) is 0 Å². The minimum Gasteiger partial charge on any atom is -0.462 e. The first-order valence-corrected chi connectivity index (χ1v) is 10.3. The lowest BCUT2D eigenvalue weighted by molar-refractivity contribution is 0.0526. The molecule has 0 saturated carbocycles. The predicted molar refractivity (Wildman–Crippen MR) is 118 cm³/mol. The van der Waals surface area contributed by atoms with Crippen molar-refractivity contribution in [2.45, 2.75) is 13.3 Å². The van der Waals surface area contributed by atoms with Crippen LogP contribution in [0.15, 0.2) is 24.3 Å². The summed E-state index contributed by atoms with van der Waals surface area (Å²) in [5.74, 6) is -1.48. The van der Waals surface area contributed by atoms with Crippen molar-refractivity contribution in [3.05, 3.63) is 72.8 Å². The number of aromatic nitrogens is 1. The van der Waals surface area contributed by atoms with Crippen molar-refractivity contribution in [2.75, 3.05) is 13.2 Å². The number of pyridine rings is 1. The number of carbonyl (C=O) groups excluding carboxylic acids is 1. The van der Waals surface area contributed by atoms with Crippen molar-refractivity contribution in [3.8, 4) is 11.1 Å². The summed E-state index contributed by atoms with van der Waals surface area (Å²) in [5.41, 5.74) is 0.711. The van der Waals surface area contributed by atoms with E-state index in [0.29, 0.717) is 11.1 Å². The summed E-state index contributed by atoms with van der Waals surface area (Å²) in [6.07, 6.45) is 0.224. The highest BCUT2D eigenvalue weighted by atomic mass is 35.5. The van der Waals surface area contributed by atoms with E-state index >= 15 is 4.39 Å². The molecule has 0 saturated heterocycles. The zero-order valence-corrected chi connectivity index (χ0v) is 18.6. The topological polar surface area (TPSA) is 43.5 Å². The van der Waals surface area contributed by atoms with Gasteiger partial charge >= 0.3 is 5.97 Å². The fraction of sp³-hybridized carbons (Fsp3) is 0.190. The van der Waals surface area contributed by atoms with Gasteiger partial charge in [0.15, 0.2) is 5.82 Å². The molecule has 0 aliphatic rings. The average Bonchev–Trinajstić information content (AvgIpc) is 2.70. The van der Waals surface area contributed by atoms with Crippen LogP contribution in [-0.4, -0.2) is 24.1 Å². The maximum absolute atomic E-state index is 15.7. The summed E-state index contributed by atoms with van der Waals surface area (Å²) < 4.78 is 20.7. The summed E-state index contributed by atoms with van der Waals surface area (Å²) >= 11 is 25.0. The minimum atomic E-state index is -0.757. The first-order chi connectivity index (χ1) is 14.3. The number of ether oxygens (including phenoxy) is 1. The zero-order valence-electron chi connectivity index (χ0n) is 15.5. The third-order valence-electron chi connectivity index (χ3n) is 4.39. The van der Waals surface area contributed by atoms with Crippen molar-refractivity contribution in [3.63, 3.8) is 0 Å². The monoisotopic (exact) mass is 484 g/mol. The van der Waals surface area contributed by atoms with Gasteiger partial charge in [-0.3, -0.25) is 0 Å². The van der Waals surface area contributed by atoms with Gasteiger partial charge in [-0.15, -0.1) is 0 Å². The Morgan fingerprint density at radius 1 is 1.23 bits per heavy atom. The SMILES string of the molecule is [C-]#[N+]CCc1cc2c(Cl)c(C(=O)OCC)c(Cl)nc2c(F)c1-c1cccc(Cl)c1Cl. The number of benzene rings is 2. The number of nitrogens with zero attached hydrogens (tertiary/aromatic N) is 2. The van der Waals surface area contributed by atoms with E-state index in [4.69, 9.17) is 57.7 Å². The molecule has 0 atom stereocenters. The number of carbonyl (C=O) groups is 1. The highest BCUT2D eigenvalue weighted by molar-refractivity contribution is 6.44. The summed E-state index contributed by atoms with van der Waals surface area (Å²) in [6, 6.07) is 6.44. The summed E-state index contributed by atoms with van der Waals surface area (Å²) in [4.78, 5) is 19.7. The third-order valence-corrected chi connectivity index (χ3v) is 5.87. The smallest absolute Gasteiger partial charge is 0.342 e. The van der Waals surface area contributed by atoms with E-state index in [9.17, 15) is 4.79 Å². The Labute approximate surface area is 192 Å². The van der Waals surface area contributed by atoms with Crippen LogP contribution in [0.5, 0.6) is 0 Å². The third kappa shape index (κ3) is 4.06. The molecule has 0 amide bonds. The van der Waals surface area contributed by atoms with E-state index in [0.717, 1.165) is 0 Å². The van der Waals surface area contributed by atoms with Gasteiger partial charge in [-0.1, -0.05) is 58.5 Å². The molecule has 9 heteroatoms. The van der Waals surface area contributed by atoms with Crippen LogP contribution in [0.25, 0.3) is 26.9 Å². The molecule has 0 aliphatic carbocycles. The quantitative estimate of drug-likeness (QED) is 0.216. The largest absolute Gasteiger partial charge is 0.462 e. The van der Waals surface area contributed by atoms with Crippen molar-refractivity contribution in [1.82, 2.24) is 4.98 Å². The van der Waals surface area contributed by atoms with E-state index in [-0.39, 0.29) is 61.8 Å². The summed E-state index contributed by atoms with van der Waals surface area (Å²) in [6.45, 7) is 8.95. The van der Waals surface area contributed by atoms with Gasteiger partial charge in [0.1, 0.15) is 16.2 Å². The Kier molecular flexibility index (Phi) is 7.05. The van der Waals surface area contributed by atoms with Crippen molar-refractivity contribution in [2.24, 2.45) is 0 Å². The highest BCUT2D eigenvalue weighted by Crippen LogP contribution is 2.41. The van der Waals surface area contributed by atoms with E-state index in [1.807, 2.05) is 0 Å². The maximum Gasteiger partial charge on any atom is 0.342 e. The molecule has 4 nitrogen and oxygen atoms in total. The molecule has 0 N–H and O–H groups in total. The van der Waals surface area contributed by atoms with Gasteiger partial charge in [0.25, 0.3) is 0 Å². The molecule has 1 aromatic heterocycles. The Hall–Kier alpha value is -2.10. The lowest BCUT2D eigenvalue weighted by Gasteiger charge is -2.16. The van der Waals surface area contributed by atoms with Gasteiger partial charge in [-0.2, -0.15) is 0 Å². The van der Waals surface area contributed by atoms with Gasteiger partial charge in [-0.25, -0.2) is 20.7 Å². The van der Waals surface area contributed by atoms with Crippen LogP contribution in [0, 0.1) is 12.4 Å². The highest BCUT2D eigenvalue weighted by Gasteiger charge is 2.26. The second-order valence-electron chi connectivity index (χ2n) is 6.17. The number of hydrogen-bond acceptors (Lipinski definition) is 3. The maximum atomic E-state index is 15.7. The molecule has 30 heavy (non-hydrogen) atoms. The van der Waals surface area contributed by atoms with Gasteiger partial charge in [0.2, 0.25) is 6.54 Å². The Balaban J connectivity index is 2.39. The van der Waals surface area contributed by atoms with Crippen molar-refractivity contribution >= 4 is 63.3 Å². The molecule has 154 valence electrons. The van der Waals surface area contributed by atoms with Gasteiger partial charge in [-0.05, 0) is 24.6 Å². The zero-order chi connectivity index (χ0) is 22.0. The molecule has 3 rings (SSSR count). The lowest BCUT2D eigenvalue weighted by Crippen LogP contribution is -2.09. The van der Waals surface area contributed by atoms with Crippen molar-refractivity contribution in [1.29, 1.82) is 0 Å². The molecular formula is C21H13Cl4FN2O2. The molecule has 3 aromatic rings. The van der Waals surface area contributed by atoms with E-state index in [2.05, 4.69) is 9.83 Å². The van der Waals surface area contributed by atoms with Crippen molar-refractivity contribution < 1.29 is 13.9 Å². The van der Waals surface area contributed by atoms with E-state index < -0.39 is 11.8 Å². The van der Waals surface area contributed by atoms with Crippen LogP contribution in [-0.2, 0) is 11.2 Å². The second kappa shape index (κ2) is 9.36. The molecule has 0 unspecified atom stereocenters. The molecule has 1 heterocycles. The Morgan fingerprint density at radius 2 is 1.97 bits per heavy atom. The molecule has 0 bridgehead atoms. The molecular weight excluding hydrogens is 473 g/mol. The molecule has 0 aliphatic heterocycles. The number of hydrogen-bond donors (Lipinski definition) is 0. The number of fused-ring (bicyclic) bond motifs is 1. The molecule has 0 fully saturated rings. The molecule has 0 spiro atoms. The van der Waals surface area contributed by atoms with Crippen LogP contribution in [0.2, 0.25) is 20.2 Å². The molecule has 2 aromatic carbocycles. The van der Waals surface area contributed by atoms with E-state index in [1.54, 1.807) is 31.2 Å². The lowest BCUT2D eigenvalue weighted by atomic mass is 9.94. The van der Waals surface area contributed by atoms with Crippen LogP contribution in [0.4, 0.5) is 4.39 Å². The van der Waals surface area contributed by atoms with Crippen LogP contribution >= 0.6 is 46.4 Å². The number of rotatable bonds is 5. The normalized spacial score (nSPS) is 10.8. The van der Waals surface area contributed by atoms with Crippen LogP contribution < -0.4 is 0 Å². The number of halogens is 5. The van der Waals surface area contributed by atoms with Gasteiger partial charge in [0.05, 0.1) is 21.7 Å². The van der Waals surface area contributed by atoms with Crippen LogP contribution in [0.1, 0.15) is 22.8 Å².